The normalized spacial score (nSPS) is 24.7. The van der Waals surface area contributed by atoms with E-state index in [-0.39, 0.29) is 0 Å². The predicted octanol–water partition coefficient (Wildman–Crippen LogP) is 2.54. The van der Waals surface area contributed by atoms with Crippen LogP contribution in [0.3, 0.4) is 0 Å². The molecule has 0 aliphatic carbocycles. The molecule has 0 bridgehead atoms. The number of pyridine rings is 1. The molecule has 2 unspecified atom stereocenters. The van der Waals surface area contributed by atoms with Gasteiger partial charge >= 0.3 is 0 Å². The molecule has 3 nitrogen and oxygen atoms in total. The summed E-state index contributed by atoms with van der Waals surface area (Å²) in [5.74, 6) is 1.76. The molecule has 2 heterocycles. The summed E-state index contributed by atoms with van der Waals surface area (Å²) < 4.78 is 1.10. The summed E-state index contributed by atoms with van der Waals surface area (Å²) in [7, 11) is 4.31. The zero-order valence-electron chi connectivity index (χ0n) is 10.9. The van der Waals surface area contributed by atoms with Crippen LogP contribution in [0.1, 0.15) is 12.5 Å². The van der Waals surface area contributed by atoms with Gasteiger partial charge in [-0.25, -0.2) is 4.98 Å². The van der Waals surface area contributed by atoms with Gasteiger partial charge in [-0.3, -0.25) is 0 Å². The van der Waals surface area contributed by atoms with E-state index in [0.29, 0.717) is 12.0 Å². The molecule has 1 aromatic heterocycles. The number of rotatable bonds is 2. The number of nitrogens with zero attached hydrogens (tertiary/aromatic N) is 3. The van der Waals surface area contributed by atoms with E-state index in [1.54, 1.807) is 0 Å². The van der Waals surface area contributed by atoms with Crippen molar-refractivity contribution >= 4 is 21.7 Å². The van der Waals surface area contributed by atoms with Gasteiger partial charge in [-0.15, -0.1) is 0 Å². The first-order valence-corrected chi connectivity index (χ1v) is 6.82. The van der Waals surface area contributed by atoms with E-state index in [0.717, 1.165) is 23.4 Å². The minimum Gasteiger partial charge on any atom is -0.354 e. The Balaban J connectivity index is 2.19. The Morgan fingerprint density at radius 1 is 1.41 bits per heavy atom. The summed E-state index contributed by atoms with van der Waals surface area (Å²) in [5, 5.41) is 0. The van der Waals surface area contributed by atoms with Crippen molar-refractivity contribution in [2.45, 2.75) is 19.9 Å². The number of hydrogen-bond donors (Lipinski definition) is 0. The van der Waals surface area contributed by atoms with Crippen LogP contribution >= 0.6 is 15.9 Å². The fourth-order valence-electron chi connectivity index (χ4n) is 2.55. The quantitative estimate of drug-likeness (QED) is 0.836. The molecule has 0 aromatic carbocycles. The van der Waals surface area contributed by atoms with Crippen LogP contribution < -0.4 is 4.90 Å². The first-order valence-electron chi connectivity index (χ1n) is 6.02. The molecule has 1 aliphatic heterocycles. The van der Waals surface area contributed by atoms with E-state index >= 15 is 0 Å². The van der Waals surface area contributed by atoms with Crippen LogP contribution in [-0.2, 0) is 0 Å². The molecular formula is C13H20BrN3. The van der Waals surface area contributed by atoms with Gasteiger partial charge < -0.3 is 9.80 Å². The SMILES string of the molecule is Cc1cnc(N2CC(C)C(N(C)C)C2)c(Br)c1. The molecular weight excluding hydrogens is 278 g/mol. The Morgan fingerprint density at radius 2 is 2.12 bits per heavy atom. The molecule has 1 aliphatic rings. The lowest BCUT2D eigenvalue weighted by molar-refractivity contribution is 0.266. The number of anilines is 1. The second kappa shape index (κ2) is 4.94. The molecule has 4 heteroatoms. The van der Waals surface area contributed by atoms with Gasteiger partial charge in [0, 0.05) is 25.3 Å². The number of hydrogen-bond acceptors (Lipinski definition) is 3. The smallest absolute Gasteiger partial charge is 0.142 e. The highest BCUT2D eigenvalue weighted by molar-refractivity contribution is 9.10. The summed E-state index contributed by atoms with van der Waals surface area (Å²) in [6.07, 6.45) is 1.94. The third-order valence-electron chi connectivity index (χ3n) is 3.49. The maximum atomic E-state index is 4.55. The van der Waals surface area contributed by atoms with Crippen LogP contribution in [0.2, 0.25) is 0 Å². The highest BCUT2D eigenvalue weighted by Gasteiger charge is 2.32. The first-order chi connectivity index (χ1) is 7.99. The summed E-state index contributed by atoms with van der Waals surface area (Å²) in [5.41, 5.74) is 1.19. The molecule has 0 radical (unpaired) electrons. The summed E-state index contributed by atoms with van der Waals surface area (Å²) in [6.45, 7) is 6.52. The van der Waals surface area contributed by atoms with Crippen molar-refractivity contribution in [1.29, 1.82) is 0 Å². The molecule has 17 heavy (non-hydrogen) atoms. The number of likely N-dealkylation sites (N-methyl/N-ethyl adjacent to an activating group) is 1. The van der Waals surface area contributed by atoms with Crippen molar-refractivity contribution in [3.8, 4) is 0 Å². The minimum atomic E-state index is 0.616. The second-order valence-corrected chi connectivity index (χ2v) is 6.09. The van der Waals surface area contributed by atoms with Crippen LogP contribution in [0.25, 0.3) is 0 Å². The average molecular weight is 298 g/mol. The molecule has 2 rings (SSSR count). The Kier molecular flexibility index (Phi) is 3.73. The minimum absolute atomic E-state index is 0.616. The van der Waals surface area contributed by atoms with Crippen LogP contribution in [0.15, 0.2) is 16.7 Å². The van der Waals surface area contributed by atoms with Gasteiger partial charge in [-0.1, -0.05) is 6.92 Å². The lowest BCUT2D eigenvalue weighted by Gasteiger charge is -2.23. The standard InChI is InChI=1S/C13H20BrN3/c1-9-5-11(14)13(15-6-9)17-7-10(2)12(8-17)16(3)4/h5-6,10,12H,7-8H2,1-4H3. The average Bonchev–Trinajstić information content (AvgIpc) is 2.60. The van der Waals surface area contributed by atoms with Gasteiger partial charge in [-0.2, -0.15) is 0 Å². The maximum Gasteiger partial charge on any atom is 0.142 e. The summed E-state index contributed by atoms with van der Waals surface area (Å²) in [4.78, 5) is 9.23. The molecule has 0 spiro atoms. The third-order valence-corrected chi connectivity index (χ3v) is 4.08. The van der Waals surface area contributed by atoms with E-state index in [2.05, 4.69) is 64.7 Å². The fraction of sp³-hybridized carbons (Fsp3) is 0.615. The molecule has 0 N–H and O–H groups in total. The number of aryl methyl sites for hydroxylation is 1. The largest absolute Gasteiger partial charge is 0.354 e. The highest BCUT2D eigenvalue weighted by atomic mass is 79.9. The van der Waals surface area contributed by atoms with E-state index in [4.69, 9.17) is 0 Å². The highest BCUT2D eigenvalue weighted by Crippen LogP contribution is 2.30. The Bertz CT molecular complexity index is 406. The van der Waals surface area contributed by atoms with Crippen LogP contribution in [0.4, 0.5) is 5.82 Å². The fourth-order valence-corrected chi connectivity index (χ4v) is 3.27. The van der Waals surface area contributed by atoms with Crippen molar-refractivity contribution in [3.05, 3.63) is 22.3 Å². The van der Waals surface area contributed by atoms with Gasteiger partial charge in [0.15, 0.2) is 0 Å². The lowest BCUT2D eigenvalue weighted by Crippen LogP contribution is -2.34. The predicted molar refractivity (Wildman–Crippen MR) is 75.5 cm³/mol. The van der Waals surface area contributed by atoms with Crippen LogP contribution in [0, 0.1) is 12.8 Å². The molecule has 0 amide bonds. The Labute approximate surface area is 112 Å². The van der Waals surface area contributed by atoms with Gasteiger partial charge in [0.05, 0.1) is 4.47 Å². The molecule has 94 valence electrons. The first kappa shape index (κ1) is 12.8. The Hall–Kier alpha value is -0.610. The monoisotopic (exact) mass is 297 g/mol. The topological polar surface area (TPSA) is 19.4 Å². The van der Waals surface area contributed by atoms with Crippen molar-refractivity contribution in [2.24, 2.45) is 5.92 Å². The number of halogens is 1. The molecule has 1 fully saturated rings. The van der Waals surface area contributed by atoms with E-state index < -0.39 is 0 Å². The summed E-state index contributed by atoms with van der Waals surface area (Å²) in [6, 6.07) is 2.75. The zero-order valence-corrected chi connectivity index (χ0v) is 12.5. The molecule has 1 saturated heterocycles. The van der Waals surface area contributed by atoms with E-state index in [1.165, 1.54) is 5.56 Å². The van der Waals surface area contributed by atoms with Gasteiger partial charge in [-0.05, 0) is 54.5 Å². The second-order valence-electron chi connectivity index (χ2n) is 5.23. The van der Waals surface area contributed by atoms with E-state index in [9.17, 15) is 0 Å². The molecule has 0 saturated carbocycles. The van der Waals surface area contributed by atoms with Crippen molar-refractivity contribution < 1.29 is 0 Å². The molecule has 1 aromatic rings. The van der Waals surface area contributed by atoms with Crippen LogP contribution in [-0.4, -0.2) is 43.1 Å². The van der Waals surface area contributed by atoms with Crippen LogP contribution in [0.5, 0.6) is 0 Å². The third kappa shape index (κ3) is 2.63. The van der Waals surface area contributed by atoms with Gasteiger partial charge in [0.2, 0.25) is 0 Å². The van der Waals surface area contributed by atoms with Crippen molar-refractivity contribution in [3.63, 3.8) is 0 Å². The summed E-state index contributed by atoms with van der Waals surface area (Å²) >= 11 is 3.62. The number of aromatic nitrogens is 1. The van der Waals surface area contributed by atoms with Crippen molar-refractivity contribution in [1.82, 2.24) is 9.88 Å². The molecule has 2 atom stereocenters. The zero-order chi connectivity index (χ0) is 12.6. The lowest BCUT2D eigenvalue weighted by atomic mass is 10.1. The van der Waals surface area contributed by atoms with Crippen molar-refractivity contribution in [2.75, 3.05) is 32.1 Å². The van der Waals surface area contributed by atoms with E-state index in [1.807, 2.05) is 6.20 Å². The Morgan fingerprint density at radius 3 is 2.65 bits per heavy atom. The van der Waals surface area contributed by atoms with Gasteiger partial charge in [0.25, 0.3) is 0 Å². The van der Waals surface area contributed by atoms with Gasteiger partial charge in [0.1, 0.15) is 5.82 Å². The maximum absolute atomic E-state index is 4.55.